The first-order chi connectivity index (χ1) is 13.4. The number of carbonyl (C=O) groups is 3. The number of non-ortho nitro benzene ring substituents is 1. The molecule has 0 unspecified atom stereocenters. The van der Waals surface area contributed by atoms with Gasteiger partial charge in [-0.05, 0) is 41.1 Å². The third kappa shape index (κ3) is 4.09. The van der Waals surface area contributed by atoms with Crippen molar-refractivity contribution in [1.82, 2.24) is 4.90 Å². The zero-order valence-electron chi connectivity index (χ0n) is 14.7. The van der Waals surface area contributed by atoms with Gasteiger partial charge in [0.05, 0.1) is 29.0 Å². The quantitative estimate of drug-likeness (QED) is 0.328. The standard InChI is InChI=1S/C19H14N2O6S/c1-27-18(23)14-7-5-12(6-8-14)11-20-17(22)16(28-19(20)24)10-13-3-2-4-15(9-13)21(25)26/h2-10H,11H2,1H3/b16-10+. The molecule has 0 saturated carbocycles. The minimum atomic E-state index is -0.527. The minimum Gasteiger partial charge on any atom is -0.465 e. The van der Waals surface area contributed by atoms with Crippen molar-refractivity contribution in [1.29, 1.82) is 0 Å². The fraction of sp³-hybridized carbons (Fsp3) is 0.105. The number of nitrogens with zero attached hydrogens (tertiary/aromatic N) is 2. The summed E-state index contributed by atoms with van der Waals surface area (Å²) in [6.07, 6.45) is 1.46. The van der Waals surface area contributed by atoms with Gasteiger partial charge in [-0.15, -0.1) is 0 Å². The predicted octanol–water partition coefficient (Wildman–Crippen LogP) is 3.62. The van der Waals surface area contributed by atoms with Crippen LogP contribution in [0.2, 0.25) is 0 Å². The lowest BCUT2D eigenvalue weighted by atomic mass is 10.1. The molecule has 0 N–H and O–H groups in total. The van der Waals surface area contributed by atoms with Crippen molar-refractivity contribution in [2.75, 3.05) is 7.11 Å². The van der Waals surface area contributed by atoms with Gasteiger partial charge in [0.2, 0.25) is 0 Å². The van der Waals surface area contributed by atoms with E-state index in [4.69, 9.17) is 0 Å². The molecule has 3 rings (SSSR count). The third-order valence-corrected chi connectivity index (χ3v) is 4.88. The first-order valence-corrected chi connectivity index (χ1v) is 8.88. The first kappa shape index (κ1) is 19.3. The van der Waals surface area contributed by atoms with Crippen LogP contribution in [0, 0.1) is 10.1 Å². The average Bonchev–Trinajstić information content (AvgIpc) is 2.95. The molecule has 8 nitrogen and oxygen atoms in total. The summed E-state index contributed by atoms with van der Waals surface area (Å²) in [4.78, 5) is 47.9. The van der Waals surface area contributed by atoms with Gasteiger partial charge in [0.15, 0.2) is 0 Å². The van der Waals surface area contributed by atoms with E-state index in [2.05, 4.69) is 4.74 Å². The SMILES string of the molecule is COC(=O)c1ccc(CN2C(=O)S/C(=C/c3cccc([N+](=O)[O-])c3)C2=O)cc1. The molecule has 1 saturated heterocycles. The highest BCUT2D eigenvalue weighted by Crippen LogP contribution is 2.33. The number of amides is 2. The lowest BCUT2D eigenvalue weighted by Crippen LogP contribution is -2.27. The van der Waals surface area contributed by atoms with E-state index in [-0.39, 0.29) is 17.1 Å². The van der Waals surface area contributed by atoms with Gasteiger partial charge < -0.3 is 4.74 Å². The van der Waals surface area contributed by atoms with E-state index in [0.29, 0.717) is 16.7 Å². The fourth-order valence-electron chi connectivity index (χ4n) is 2.56. The summed E-state index contributed by atoms with van der Waals surface area (Å²) in [7, 11) is 1.28. The van der Waals surface area contributed by atoms with Crippen molar-refractivity contribution in [2.24, 2.45) is 0 Å². The highest BCUT2D eigenvalue weighted by atomic mass is 32.2. The molecule has 28 heavy (non-hydrogen) atoms. The summed E-state index contributed by atoms with van der Waals surface area (Å²) in [6.45, 7) is 0.0540. The number of nitro groups is 1. The molecular weight excluding hydrogens is 384 g/mol. The zero-order valence-corrected chi connectivity index (χ0v) is 15.5. The van der Waals surface area contributed by atoms with Crippen molar-refractivity contribution >= 4 is 40.6 Å². The van der Waals surface area contributed by atoms with E-state index in [1.165, 1.54) is 31.4 Å². The second-order valence-electron chi connectivity index (χ2n) is 5.81. The molecule has 0 atom stereocenters. The summed E-state index contributed by atoms with van der Waals surface area (Å²) in [5, 5.41) is 10.4. The highest BCUT2D eigenvalue weighted by molar-refractivity contribution is 8.18. The molecule has 0 aromatic heterocycles. The summed E-state index contributed by atoms with van der Waals surface area (Å²) in [5.41, 5.74) is 1.40. The fourth-order valence-corrected chi connectivity index (χ4v) is 3.40. The van der Waals surface area contributed by atoms with Gasteiger partial charge in [0, 0.05) is 12.1 Å². The maximum atomic E-state index is 12.6. The van der Waals surface area contributed by atoms with Crippen LogP contribution in [0.15, 0.2) is 53.4 Å². The number of ether oxygens (including phenoxy) is 1. The Morgan fingerprint density at radius 3 is 2.57 bits per heavy atom. The van der Waals surface area contributed by atoms with Crippen LogP contribution in [0.1, 0.15) is 21.5 Å². The topological polar surface area (TPSA) is 107 Å². The van der Waals surface area contributed by atoms with Crippen molar-refractivity contribution in [2.45, 2.75) is 6.54 Å². The predicted molar refractivity (Wildman–Crippen MR) is 102 cm³/mol. The van der Waals surface area contributed by atoms with Crippen LogP contribution < -0.4 is 0 Å². The van der Waals surface area contributed by atoms with Crippen LogP contribution in [0.4, 0.5) is 10.5 Å². The molecule has 2 amide bonds. The molecule has 1 fully saturated rings. The number of esters is 1. The monoisotopic (exact) mass is 398 g/mol. The molecule has 2 aromatic carbocycles. The van der Waals surface area contributed by atoms with Crippen molar-refractivity contribution in [3.8, 4) is 0 Å². The summed E-state index contributed by atoms with van der Waals surface area (Å²) >= 11 is 0.776. The number of carbonyl (C=O) groups excluding carboxylic acids is 3. The highest BCUT2D eigenvalue weighted by Gasteiger charge is 2.35. The van der Waals surface area contributed by atoms with Crippen molar-refractivity contribution in [3.63, 3.8) is 0 Å². The summed E-state index contributed by atoms with van der Waals surface area (Å²) in [5.74, 6) is -0.948. The Hall–Kier alpha value is -3.46. The molecule has 2 aromatic rings. The van der Waals surface area contributed by atoms with E-state index >= 15 is 0 Å². The molecule has 0 aliphatic carbocycles. The lowest BCUT2D eigenvalue weighted by molar-refractivity contribution is -0.384. The van der Waals surface area contributed by atoms with Crippen molar-refractivity contribution in [3.05, 3.63) is 80.2 Å². The van der Waals surface area contributed by atoms with Gasteiger partial charge in [0.1, 0.15) is 0 Å². The van der Waals surface area contributed by atoms with Crippen LogP contribution >= 0.6 is 11.8 Å². The first-order valence-electron chi connectivity index (χ1n) is 8.06. The van der Waals surface area contributed by atoms with Gasteiger partial charge in [-0.3, -0.25) is 24.6 Å². The molecule has 1 aliphatic heterocycles. The maximum absolute atomic E-state index is 12.6. The van der Waals surface area contributed by atoms with Gasteiger partial charge >= 0.3 is 5.97 Å². The van der Waals surface area contributed by atoms with Gasteiger partial charge in [0.25, 0.3) is 16.8 Å². The molecule has 1 heterocycles. The molecule has 142 valence electrons. The number of imide groups is 1. The molecule has 0 bridgehead atoms. The van der Waals surface area contributed by atoms with Crippen molar-refractivity contribution < 1.29 is 24.0 Å². The number of hydrogen-bond acceptors (Lipinski definition) is 7. The van der Waals surface area contributed by atoms with Gasteiger partial charge in [-0.1, -0.05) is 24.3 Å². The van der Waals surface area contributed by atoms with E-state index in [1.807, 2.05) is 0 Å². The number of hydrogen-bond donors (Lipinski definition) is 0. The van der Waals surface area contributed by atoms with E-state index in [0.717, 1.165) is 16.7 Å². The smallest absolute Gasteiger partial charge is 0.337 e. The van der Waals surface area contributed by atoms with Crippen LogP contribution in [-0.2, 0) is 16.1 Å². The second-order valence-corrected chi connectivity index (χ2v) is 6.80. The Balaban J connectivity index is 1.77. The Kier molecular flexibility index (Phi) is 5.55. The van der Waals surface area contributed by atoms with E-state index in [1.54, 1.807) is 30.3 Å². The Labute approximate surface area is 163 Å². The van der Waals surface area contributed by atoms with Crippen LogP contribution in [0.3, 0.4) is 0 Å². The molecule has 1 aliphatic rings. The molecule has 0 radical (unpaired) electrons. The number of methoxy groups -OCH3 is 1. The van der Waals surface area contributed by atoms with Gasteiger partial charge in [-0.2, -0.15) is 0 Å². The van der Waals surface area contributed by atoms with E-state index in [9.17, 15) is 24.5 Å². The maximum Gasteiger partial charge on any atom is 0.337 e. The largest absolute Gasteiger partial charge is 0.465 e. The van der Waals surface area contributed by atoms with E-state index < -0.39 is 22.0 Å². The lowest BCUT2D eigenvalue weighted by Gasteiger charge is -2.12. The molecule has 0 spiro atoms. The number of rotatable bonds is 5. The Bertz CT molecular complexity index is 1000. The molecule has 9 heteroatoms. The van der Waals surface area contributed by atoms with Crippen LogP contribution in [0.5, 0.6) is 0 Å². The number of thioether (sulfide) groups is 1. The Morgan fingerprint density at radius 2 is 1.93 bits per heavy atom. The normalized spacial score (nSPS) is 15.2. The Morgan fingerprint density at radius 1 is 1.21 bits per heavy atom. The second kappa shape index (κ2) is 8.05. The van der Waals surface area contributed by atoms with Gasteiger partial charge in [-0.25, -0.2) is 4.79 Å². The number of nitro benzene ring substituents is 1. The van der Waals surface area contributed by atoms with Crippen LogP contribution in [-0.4, -0.2) is 34.0 Å². The zero-order chi connectivity index (χ0) is 20.3. The minimum absolute atomic E-state index is 0.0540. The summed E-state index contributed by atoms with van der Waals surface area (Å²) in [6, 6.07) is 12.2. The summed E-state index contributed by atoms with van der Waals surface area (Å²) < 4.78 is 4.63. The number of benzene rings is 2. The molecular formula is C19H14N2O6S. The average molecular weight is 398 g/mol. The third-order valence-electron chi connectivity index (χ3n) is 3.97. The van der Waals surface area contributed by atoms with Crippen LogP contribution in [0.25, 0.3) is 6.08 Å².